The first-order valence-electron chi connectivity index (χ1n) is 15.3. The second-order valence-corrected chi connectivity index (χ2v) is 14.1. The Morgan fingerprint density at radius 2 is 1.92 bits per heavy atom. The molecule has 5 rings (SSSR count). The van der Waals surface area contributed by atoms with Crippen molar-refractivity contribution in [1.29, 1.82) is 0 Å². The van der Waals surface area contributed by atoms with Gasteiger partial charge in [0.2, 0.25) is 0 Å². The molecule has 0 aliphatic rings. The maximum absolute atomic E-state index is 14.6. The van der Waals surface area contributed by atoms with Crippen LogP contribution in [0.15, 0.2) is 48.5 Å². The van der Waals surface area contributed by atoms with Crippen LogP contribution in [0.25, 0.3) is 10.2 Å². The Kier molecular flexibility index (Phi) is 11.2. The molecule has 0 radical (unpaired) electrons. The highest BCUT2D eigenvalue weighted by atomic mass is 32.1. The molecule has 5 aromatic rings. The number of carboxylic acid groups (broad SMARTS) is 1. The number of carbonyl (C=O) groups excluding carboxylic acids is 1. The van der Waals surface area contributed by atoms with Gasteiger partial charge in [0, 0.05) is 10.4 Å². The van der Waals surface area contributed by atoms with Gasteiger partial charge in [-0.3, -0.25) is 4.90 Å². The molecule has 0 atom stereocenters. The van der Waals surface area contributed by atoms with Crippen LogP contribution in [0.4, 0.5) is 26.3 Å². The molecule has 48 heavy (non-hydrogen) atoms. The van der Waals surface area contributed by atoms with E-state index in [4.69, 9.17) is 4.74 Å². The number of quaternary nitrogens is 1. The number of fused-ring (bicyclic) bond motifs is 1. The number of hydrogen-bond donors (Lipinski definition) is 2. The molecule has 0 spiro atoms. The second-order valence-electron chi connectivity index (χ2n) is 12.0. The van der Waals surface area contributed by atoms with Crippen molar-refractivity contribution in [1.82, 2.24) is 25.5 Å². The number of hydrogen-bond acceptors (Lipinski definition) is 12. The van der Waals surface area contributed by atoms with Gasteiger partial charge in [-0.1, -0.05) is 35.3 Å². The summed E-state index contributed by atoms with van der Waals surface area (Å²) in [4.78, 5) is 23.7. The third-order valence-corrected chi connectivity index (χ3v) is 9.20. The summed E-state index contributed by atoms with van der Waals surface area (Å²) in [7, 11) is 8.02. The topological polar surface area (TPSA) is 128 Å². The molecule has 0 saturated heterocycles. The molecule has 2 N–H and O–H groups in total. The van der Waals surface area contributed by atoms with Gasteiger partial charge in [-0.15, -0.1) is 21.5 Å². The van der Waals surface area contributed by atoms with Crippen LogP contribution in [-0.2, 0) is 6.42 Å². The van der Waals surface area contributed by atoms with Crippen molar-refractivity contribution < 1.29 is 23.5 Å². The number of anilines is 4. The van der Waals surface area contributed by atoms with Gasteiger partial charge >= 0.3 is 0 Å². The SMILES string of the molecule is CNCC#Cc1ccc(OCCCc2sc(N(CC[N+](C)(C)C)c3cc(C)c(Nc4nc5ccccc5s4)nn3)nc2C(=O)[O-])c(F)c1. The Hall–Kier alpha value is -4.68. The number of aryl methyl sites for hydroxylation is 2. The summed E-state index contributed by atoms with van der Waals surface area (Å²) < 4.78 is 22.0. The quantitative estimate of drug-likeness (QED) is 0.0977. The van der Waals surface area contributed by atoms with E-state index >= 15 is 0 Å². The average molecular weight is 689 g/mol. The Morgan fingerprint density at radius 1 is 1.10 bits per heavy atom. The van der Waals surface area contributed by atoms with Crippen molar-refractivity contribution in [3.8, 4) is 17.6 Å². The van der Waals surface area contributed by atoms with Crippen molar-refractivity contribution in [3.05, 3.63) is 76.0 Å². The van der Waals surface area contributed by atoms with E-state index in [2.05, 4.69) is 63.8 Å². The number of nitrogens with one attached hydrogen (secondary N) is 2. The molecule has 3 aromatic heterocycles. The normalized spacial score (nSPS) is 11.3. The lowest BCUT2D eigenvalue weighted by molar-refractivity contribution is -0.868. The molecule has 0 unspecified atom stereocenters. The number of halogens is 1. The molecule has 0 bridgehead atoms. The van der Waals surface area contributed by atoms with E-state index in [0.29, 0.717) is 62.8 Å². The number of thiazole rings is 2. The molecule has 14 heteroatoms. The van der Waals surface area contributed by atoms with Crippen LogP contribution in [0, 0.1) is 24.6 Å². The Labute approximate surface area is 287 Å². The molecular formula is C34H37FN8O3S2. The molecule has 0 aliphatic heterocycles. The van der Waals surface area contributed by atoms with Crippen LogP contribution in [-0.4, -0.2) is 85.0 Å². The highest BCUT2D eigenvalue weighted by molar-refractivity contribution is 7.22. The van der Waals surface area contributed by atoms with Gasteiger partial charge in [0.25, 0.3) is 0 Å². The van der Waals surface area contributed by atoms with E-state index in [1.165, 1.54) is 28.7 Å². The number of benzene rings is 2. The first kappa shape index (κ1) is 34.6. The third kappa shape index (κ3) is 9.02. The van der Waals surface area contributed by atoms with Crippen molar-refractivity contribution in [3.63, 3.8) is 0 Å². The van der Waals surface area contributed by atoms with Gasteiger partial charge in [-0.2, -0.15) is 0 Å². The first-order chi connectivity index (χ1) is 23.0. The molecular weight excluding hydrogens is 652 g/mol. The maximum atomic E-state index is 14.6. The summed E-state index contributed by atoms with van der Waals surface area (Å²) in [6.45, 7) is 3.85. The summed E-state index contributed by atoms with van der Waals surface area (Å²) in [6, 6.07) is 14.4. The zero-order valence-corrected chi connectivity index (χ0v) is 29.1. The lowest BCUT2D eigenvalue weighted by atomic mass is 10.2. The number of para-hydroxylation sites is 1. The molecule has 0 aliphatic carbocycles. The van der Waals surface area contributed by atoms with E-state index in [-0.39, 0.29) is 18.1 Å². The van der Waals surface area contributed by atoms with Gasteiger partial charge in [0.1, 0.15) is 5.69 Å². The summed E-state index contributed by atoms with van der Waals surface area (Å²) >= 11 is 2.79. The molecule has 250 valence electrons. The van der Waals surface area contributed by atoms with Gasteiger partial charge in [-0.25, -0.2) is 14.4 Å². The Bertz CT molecular complexity index is 1930. The van der Waals surface area contributed by atoms with Crippen molar-refractivity contribution >= 4 is 60.8 Å². The van der Waals surface area contributed by atoms with Crippen LogP contribution in [0.3, 0.4) is 0 Å². The predicted molar refractivity (Wildman–Crippen MR) is 187 cm³/mol. The van der Waals surface area contributed by atoms with Crippen LogP contribution < -0.4 is 25.4 Å². The van der Waals surface area contributed by atoms with Crippen LogP contribution in [0.1, 0.15) is 32.9 Å². The lowest BCUT2D eigenvalue weighted by Crippen LogP contribution is -2.41. The molecule has 0 saturated carbocycles. The molecule has 0 amide bonds. The van der Waals surface area contributed by atoms with E-state index in [1.54, 1.807) is 19.2 Å². The number of ether oxygens (including phenoxy) is 1. The van der Waals surface area contributed by atoms with Crippen LogP contribution >= 0.6 is 22.7 Å². The largest absolute Gasteiger partial charge is 0.543 e. The molecule has 11 nitrogen and oxygen atoms in total. The van der Waals surface area contributed by atoms with Gasteiger partial charge in [0.15, 0.2) is 33.5 Å². The predicted octanol–water partition coefficient (Wildman–Crippen LogP) is 4.52. The fraction of sp³-hybridized carbons (Fsp3) is 0.324. The fourth-order valence-corrected chi connectivity index (χ4v) is 6.58. The number of carboxylic acids is 1. The minimum absolute atomic E-state index is 0.112. The fourth-order valence-electron chi connectivity index (χ4n) is 4.59. The second kappa shape index (κ2) is 15.5. The summed E-state index contributed by atoms with van der Waals surface area (Å²) in [5.74, 6) is 5.14. The average Bonchev–Trinajstić information content (AvgIpc) is 3.65. The highest BCUT2D eigenvalue weighted by Crippen LogP contribution is 2.34. The van der Waals surface area contributed by atoms with E-state index in [9.17, 15) is 14.3 Å². The third-order valence-electron chi connectivity index (χ3n) is 7.11. The Balaban J connectivity index is 1.32. The molecule has 3 heterocycles. The zero-order valence-electron chi connectivity index (χ0n) is 27.5. The number of aromatic carboxylic acids is 1. The summed E-state index contributed by atoms with van der Waals surface area (Å²) in [5, 5.41) is 28.5. The first-order valence-corrected chi connectivity index (χ1v) is 17.0. The number of rotatable bonds is 14. The molecule has 0 fully saturated rings. The zero-order chi connectivity index (χ0) is 34.3. The van der Waals surface area contributed by atoms with Crippen molar-refractivity contribution in [2.45, 2.75) is 19.8 Å². The minimum atomic E-state index is -1.36. The maximum Gasteiger partial charge on any atom is 0.192 e. The highest BCUT2D eigenvalue weighted by Gasteiger charge is 2.23. The minimum Gasteiger partial charge on any atom is -0.543 e. The van der Waals surface area contributed by atoms with E-state index in [0.717, 1.165) is 22.3 Å². The Morgan fingerprint density at radius 3 is 2.62 bits per heavy atom. The monoisotopic (exact) mass is 688 g/mol. The van der Waals surface area contributed by atoms with Gasteiger partial charge < -0.3 is 29.8 Å². The van der Waals surface area contributed by atoms with Crippen LogP contribution in [0.2, 0.25) is 0 Å². The molecule has 2 aromatic carbocycles. The summed E-state index contributed by atoms with van der Waals surface area (Å²) in [6.07, 6.45) is 0.796. The number of carbonyl (C=O) groups is 1. The van der Waals surface area contributed by atoms with Gasteiger partial charge in [-0.05, 0) is 68.8 Å². The number of likely N-dealkylation sites (N-methyl/N-ethyl adjacent to an activating group) is 1. The van der Waals surface area contributed by atoms with E-state index < -0.39 is 11.8 Å². The standard InChI is InChI=1S/C34H37FN8O3S2/c1-22-20-29(40-41-31(22)39-33-37-25-11-6-7-12-27(25)47-33)42(17-18-43(3,4)5)34-38-30(32(44)45)28(48-34)13-9-19-46-26-15-14-23(21-24(26)35)10-8-16-36-2/h6-7,11-12,14-15,20-21,36H,9,13,16-19H2,1-5H3,(H-,37,39,41,44,45). The number of aromatic nitrogens is 4. The number of nitrogens with zero attached hydrogens (tertiary/aromatic N) is 6. The van der Waals surface area contributed by atoms with E-state index in [1.807, 2.05) is 42.2 Å². The lowest BCUT2D eigenvalue weighted by Gasteiger charge is -2.28. The van der Waals surface area contributed by atoms with Crippen molar-refractivity contribution in [2.75, 3.05) is 64.6 Å². The summed E-state index contributed by atoms with van der Waals surface area (Å²) in [5.41, 5.74) is 2.18. The van der Waals surface area contributed by atoms with Crippen LogP contribution in [0.5, 0.6) is 5.75 Å². The van der Waals surface area contributed by atoms with Gasteiger partial charge in [0.05, 0.1) is 63.6 Å². The van der Waals surface area contributed by atoms with Crippen molar-refractivity contribution in [2.24, 2.45) is 0 Å². The smallest absolute Gasteiger partial charge is 0.192 e.